The van der Waals surface area contributed by atoms with E-state index in [9.17, 15) is 9.90 Å². The molecule has 0 fully saturated rings. The molecule has 36 heavy (non-hydrogen) atoms. The highest BCUT2D eigenvalue weighted by Crippen LogP contribution is 2.23. The number of amides is 1. The number of aliphatic hydroxyl groups is 1. The number of hydrogen-bond donors (Lipinski definition) is 3. The number of carbonyl (C=O) groups excluding carboxylic acids is 1. The molecule has 0 bridgehead atoms. The second-order valence-corrected chi connectivity index (χ2v) is 9.36. The maximum atomic E-state index is 13.4. The van der Waals surface area contributed by atoms with Crippen LogP contribution in [0.25, 0.3) is 10.9 Å². The molecule has 1 heterocycles. The lowest BCUT2D eigenvalue weighted by Gasteiger charge is -2.19. The van der Waals surface area contributed by atoms with Gasteiger partial charge in [0.05, 0.1) is 24.3 Å². The first-order valence-corrected chi connectivity index (χ1v) is 12.2. The normalized spacial score (nSPS) is 11.7. The summed E-state index contributed by atoms with van der Waals surface area (Å²) >= 11 is 0. The van der Waals surface area contributed by atoms with E-state index >= 15 is 0 Å². The number of aliphatic hydroxyl groups excluding tert-OH is 1. The summed E-state index contributed by atoms with van der Waals surface area (Å²) in [6.07, 6.45) is 2.33. The number of carbonyl (C=O) groups is 1. The van der Waals surface area contributed by atoms with Crippen LogP contribution in [-0.4, -0.2) is 34.8 Å². The number of hydrogen-bond acceptors (Lipinski definition) is 3. The third-order valence-electron chi connectivity index (χ3n) is 6.01. The number of H-pyrrole nitrogens is 1. The summed E-state index contributed by atoms with van der Waals surface area (Å²) < 4.78 is 5.92. The zero-order valence-corrected chi connectivity index (χ0v) is 21.2. The number of para-hydroxylation sites is 1. The predicted octanol–water partition coefficient (Wildman–Crippen LogP) is 5.31. The molecule has 1 atom stereocenters. The van der Waals surface area contributed by atoms with Crippen LogP contribution < -0.4 is 10.1 Å². The number of benzene rings is 3. The maximum absolute atomic E-state index is 13.4. The molecule has 0 aliphatic heterocycles. The van der Waals surface area contributed by atoms with Crippen molar-refractivity contribution in [2.45, 2.75) is 46.3 Å². The Bertz CT molecular complexity index is 1440. The van der Waals surface area contributed by atoms with Crippen LogP contribution in [0.5, 0.6) is 5.75 Å². The van der Waals surface area contributed by atoms with Gasteiger partial charge in [0.1, 0.15) is 5.75 Å². The summed E-state index contributed by atoms with van der Waals surface area (Å²) in [5, 5.41) is 14.1. The third-order valence-corrected chi connectivity index (χ3v) is 6.01. The standard InChI is InChI=1S/C31H32N2O3/c1-20(2)36-30-14-11-23(10-13-24-12-9-21(3)15-22(24)4)16-28(30)31(35)33-26(19-34)17-25-18-32-29-8-6-5-7-27(25)29/h5-9,11-12,14-16,18,20,26,32,34H,17,19H2,1-4H3,(H,33,35). The van der Waals surface area contributed by atoms with Gasteiger partial charge in [-0.05, 0) is 75.6 Å². The van der Waals surface area contributed by atoms with Crippen molar-refractivity contribution in [3.8, 4) is 17.6 Å². The lowest BCUT2D eigenvalue weighted by atomic mass is 10.0. The highest BCUT2D eigenvalue weighted by atomic mass is 16.5. The molecule has 184 valence electrons. The van der Waals surface area contributed by atoms with Crippen molar-refractivity contribution in [2.75, 3.05) is 6.61 Å². The van der Waals surface area contributed by atoms with Gasteiger partial charge in [0.25, 0.3) is 5.91 Å². The fourth-order valence-electron chi connectivity index (χ4n) is 4.23. The van der Waals surface area contributed by atoms with E-state index in [1.807, 2.05) is 69.4 Å². The van der Waals surface area contributed by atoms with Crippen LogP contribution in [0.1, 0.15) is 52.0 Å². The van der Waals surface area contributed by atoms with E-state index in [4.69, 9.17) is 4.74 Å². The van der Waals surface area contributed by atoms with Crippen molar-refractivity contribution < 1.29 is 14.6 Å². The molecule has 0 aliphatic rings. The molecule has 1 amide bonds. The van der Waals surface area contributed by atoms with Gasteiger partial charge < -0.3 is 20.1 Å². The van der Waals surface area contributed by atoms with Crippen LogP contribution in [0.4, 0.5) is 0 Å². The lowest BCUT2D eigenvalue weighted by Crippen LogP contribution is -2.39. The SMILES string of the molecule is Cc1ccc(C#Cc2ccc(OC(C)C)c(C(=O)NC(CO)Cc3c[nH]c4ccccc34)c2)c(C)c1. The fourth-order valence-corrected chi connectivity index (χ4v) is 4.23. The number of fused-ring (bicyclic) bond motifs is 1. The molecular weight excluding hydrogens is 448 g/mol. The number of nitrogens with one attached hydrogen (secondary N) is 2. The Morgan fingerprint density at radius 2 is 1.86 bits per heavy atom. The second-order valence-electron chi connectivity index (χ2n) is 9.36. The van der Waals surface area contributed by atoms with Gasteiger partial charge in [-0.3, -0.25) is 4.79 Å². The van der Waals surface area contributed by atoms with Crippen LogP contribution >= 0.6 is 0 Å². The zero-order valence-electron chi connectivity index (χ0n) is 21.2. The van der Waals surface area contributed by atoms with Crippen LogP contribution in [0.15, 0.2) is 66.9 Å². The van der Waals surface area contributed by atoms with E-state index < -0.39 is 6.04 Å². The Labute approximate surface area is 212 Å². The van der Waals surface area contributed by atoms with Gasteiger partial charge in [0.15, 0.2) is 0 Å². The fraction of sp³-hybridized carbons (Fsp3) is 0.258. The first-order chi connectivity index (χ1) is 17.3. The van der Waals surface area contributed by atoms with Crippen LogP contribution in [0.3, 0.4) is 0 Å². The summed E-state index contributed by atoms with van der Waals surface area (Å²) in [5.74, 6) is 6.58. The second kappa shape index (κ2) is 11.2. The quantitative estimate of drug-likeness (QED) is 0.314. The summed E-state index contributed by atoms with van der Waals surface area (Å²) in [7, 11) is 0. The van der Waals surface area contributed by atoms with Crippen molar-refractivity contribution >= 4 is 16.8 Å². The van der Waals surface area contributed by atoms with Crippen molar-refractivity contribution in [3.63, 3.8) is 0 Å². The number of ether oxygens (including phenoxy) is 1. The van der Waals surface area contributed by atoms with Crippen LogP contribution in [0, 0.1) is 25.7 Å². The Hall–Kier alpha value is -4.01. The van der Waals surface area contributed by atoms with Crippen molar-refractivity contribution in [1.82, 2.24) is 10.3 Å². The molecule has 5 heteroatoms. The van der Waals surface area contributed by atoms with Gasteiger partial charge in [-0.1, -0.05) is 47.7 Å². The van der Waals surface area contributed by atoms with E-state index in [1.165, 1.54) is 5.56 Å². The Morgan fingerprint density at radius 1 is 1.06 bits per heavy atom. The average Bonchev–Trinajstić information content (AvgIpc) is 3.26. The van der Waals surface area contributed by atoms with Crippen molar-refractivity contribution in [1.29, 1.82) is 0 Å². The molecule has 0 spiro atoms. The van der Waals surface area contributed by atoms with E-state index in [0.717, 1.165) is 27.6 Å². The van der Waals surface area contributed by atoms with Gasteiger partial charge in [0.2, 0.25) is 0 Å². The Morgan fingerprint density at radius 3 is 2.61 bits per heavy atom. The summed E-state index contributed by atoms with van der Waals surface area (Å²) in [6, 6.07) is 19.1. The van der Waals surface area contributed by atoms with E-state index in [0.29, 0.717) is 23.3 Å². The van der Waals surface area contributed by atoms with Crippen molar-refractivity contribution in [2.24, 2.45) is 0 Å². The van der Waals surface area contributed by atoms with Gasteiger partial charge in [-0.2, -0.15) is 0 Å². The Balaban J connectivity index is 1.59. The largest absolute Gasteiger partial charge is 0.490 e. The average molecular weight is 481 g/mol. The van der Waals surface area contributed by atoms with E-state index in [-0.39, 0.29) is 18.6 Å². The molecule has 5 nitrogen and oxygen atoms in total. The van der Waals surface area contributed by atoms with Gasteiger partial charge in [-0.15, -0.1) is 0 Å². The number of aryl methyl sites for hydroxylation is 2. The molecule has 1 unspecified atom stereocenters. The molecule has 3 N–H and O–H groups in total. The Kier molecular flexibility index (Phi) is 7.77. The third kappa shape index (κ3) is 5.97. The molecular formula is C31H32N2O3. The lowest BCUT2D eigenvalue weighted by molar-refractivity contribution is 0.0910. The number of rotatable bonds is 7. The van der Waals surface area contributed by atoms with E-state index in [2.05, 4.69) is 35.1 Å². The minimum Gasteiger partial charge on any atom is -0.490 e. The number of aromatic nitrogens is 1. The minimum atomic E-state index is -0.450. The first kappa shape index (κ1) is 25.1. The highest BCUT2D eigenvalue weighted by Gasteiger charge is 2.19. The molecule has 4 aromatic rings. The van der Waals surface area contributed by atoms with E-state index in [1.54, 1.807) is 12.1 Å². The maximum Gasteiger partial charge on any atom is 0.255 e. The zero-order chi connectivity index (χ0) is 25.7. The molecule has 0 saturated heterocycles. The monoisotopic (exact) mass is 480 g/mol. The highest BCUT2D eigenvalue weighted by molar-refractivity contribution is 5.97. The number of aromatic amines is 1. The summed E-state index contributed by atoms with van der Waals surface area (Å²) in [6.45, 7) is 7.75. The minimum absolute atomic E-state index is 0.0939. The van der Waals surface area contributed by atoms with Gasteiger partial charge in [0, 0.05) is 28.2 Å². The summed E-state index contributed by atoms with van der Waals surface area (Å²) in [4.78, 5) is 16.6. The first-order valence-electron chi connectivity index (χ1n) is 12.2. The smallest absolute Gasteiger partial charge is 0.255 e. The molecule has 0 aliphatic carbocycles. The van der Waals surface area contributed by atoms with Gasteiger partial charge >= 0.3 is 0 Å². The van der Waals surface area contributed by atoms with Gasteiger partial charge in [-0.25, -0.2) is 0 Å². The molecule has 3 aromatic carbocycles. The van der Waals surface area contributed by atoms with Crippen molar-refractivity contribution in [3.05, 3.63) is 100 Å². The van der Waals surface area contributed by atoms with Crippen LogP contribution in [-0.2, 0) is 6.42 Å². The molecule has 0 radical (unpaired) electrons. The molecule has 0 saturated carbocycles. The summed E-state index contributed by atoms with van der Waals surface area (Å²) in [5.41, 5.74) is 6.44. The topological polar surface area (TPSA) is 74.3 Å². The van der Waals surface area contributed by atoms with Crippen LogP contribution in [0.2, 0.25) is 0 Å². The molecule has 4 rings (SSSR count). The predicted molar refractivity (Wildman–Crippen MR) is 144 cm³/mol. The molecule has 1 aromatic heterocycles.